The van der Waals surface area contributed by atoms with Gasteiger partial charge in [-0.25, -0.2) is 9.97 Å². The molecule has 12 nitrogen and oxygen atoms in total. The summed E-state index contributed by atoms with van der Waals surface area (Å²) in [6.45, 7) is 2.56. The van der Waals surface area contributed by atoms with Crippen LogP contribution in [0.5, 0.6) is 0 Å². The highest BCUT2D eigenvalue weighted by atomic mass is 32.1. The highest BCUT2D eigenvalue weighted by Gasteiger charge is 2.10. The van der Waals surface area contributed by atoms with E-state index in [4.69, 9.17) is 11.5 Å². The van der Waals surface area contributed by atoms with E-state index in [1.54, 1.807) is 10.8 Å². The van der Waals surface area contributed by atoms with E-state index in [1.807, 2.05) is 109 Å². The van der Waals surface area contributed by atoms with Gasteiger partial charge in [-0.15, -0.1) is 22.7 Å². The van der Waals surface area contributed by atoms with E-state index in [1.165, 1.54) is 22.7 Å². The highest BCUT2D eigenvalue weighted by molar-refractivity contribution is 7.13. The maximum atomic E-state index is 12.0. The van der Waals surface area contributed by atoms with Gasteiger partial charge in [0.1, 0.15) is 0 Å². The lowest BCUT2D eigenvalue weighted by Crippen LogP contribution is -2.23. The number of amides is 2. The minimum Gasteiger partial charge on any atom is -0.387 e. The Balaban J connectivity index is 0.000000214. The van der Waals surface area contributed by atoms with Crippen molar-refractivity contribution < 1.29 is 19.8 Å². The van der Waals surface area contributed by atoms with Crippen LogP contribution in [0, 0.1) is 0 Å². The molecule has 0 saturated carbocycles. The van der Waals surface area contributed by atoms with Crippen molar-refractivity contribution in [1.29, 1.82) is 0 Å². The Bertz CT molecular complexity index is 1910. The number of nitrogen functional groups attached to an aromatic ring is 2. The Kier molecular flexibility index (Phi) is 16.5. The zero-order valence-corrected chi connectivity index (χ0v) is 32.6. The van der Waals surface area contributed by atoms with Gasteiger partial charge in [0.25, 0.3) is 0 Å². The summed E-state index contributed by atoms with van der Waals surface area (Å²) in [7, 11) is 0. The first-order chi connectivity index (χ1) is 27.2. The molecule has 2 amide bonds. The van der Waals surface area contributed by atoms with E-state index in [0.29, 0.717) is 34.7 Å². The molecule has 6 rings (SSSR count). The Morgan fingerprint density at radius 1 is 0.571 bits per heavy atom. The molecule has 0 spiro atoms. The van der Waals surface area contributed by atoms with Crippen LogP contribution in [0.3, 0.4) is 0 Å². The Morgan fingerprint density at radius 3 is 1.29 bits per heavy atom. The van der Waals surface area contributed by atoms with E-state index in [9.17, 15) is 19.8 Å². The van der Waals surface area contributed by atoms with Crippen LogP contribution >= 0.6 is 22.7 Å². The first-order valence-electron chi connectivity index (χ1n) is 18.2. The molecule has 56 heavy (non-hydrogen) atoms. The maximum Gasteiger partial charge on any atom is 0.230 e. The summed E-state index contributed by atoms with van der Waals surface area (Å²) in [4.78, 5) is 32.3. The van der Waals surface area contributed by atoms with Crippen molar-refractivity contribution in [2.75, 3.05) is 48.3 Å². The Hall–Kier alpha value is -5.48. The largest absolute Gasteiger partial charge is 0.387 e. The number of nitrogens with zero attached hydrogens (tertiary/aromatic N) is 2. The average Bonchev–Trinajstić information content (AvgIpc) is 3.82. The number of aliphatic hydroxyl groups excluding tert-OH is 2. The van der Waals surface area contributed by atoms with Crippen LogP contribution in [-0.4, -0.2) is 58.2 Å². The summed E-state index contributed by atoms with van der Waals surface area (Å²) in [6, 6.07) is 34.8. The number of anilines is 4. The average molecular weight is 793 g/mol. The molecule has 0 aliphatic heterocycles. The van der Waals surface area contributed by atoms with Crippen molar-refractivity contribution in [3.05, 3.63) is 154 Å². The van der Waals surface area contributed by atoms with Crippen molar-refractivity contribution in [2.24, 2.45) is 0 Å². The number of nitrogens with one attached hydrogen (secondary N) is 4. The number of nitrogens with two attached hydrogens (primary N) is 2. The predicted octanol–water partition coefficient (Wildman–Crippen LogP) is 5.54. The number of carbonyl (C=O) groups excluding carboxylic acids is 2. The Morgan fingerprint density at radius 2 is 0.946 bits per heavy atom. The van der Waals surface area contributed by atoms with Gasteiger partial charge in [-0.2, -0.15) is 0 Å². The van der Waals surface area contributed by atoms with E-state index >= 15 is 0 Å². The normalized spacial score (nSPS) is 11.9. The van der Waals surface area contributed by atoms with Gasteiger partial charge < -0.3 is 42.9 Å². The summed E-state index contributed by atoms with van der Waals surface area (Å²) in [6.07, 6.45) is 1.09. The maximum absolute atomic E-state index is 12.0. The number of thiazole rings is 2. The molecule has 0 bridgehead atoms. The predicted molar refractivity (Wildman–Crippen MR) is 227 cm³/mol. The molecule has 0 aliphatic rings. The van der Waals surface area contributed by atoms with Crippen LogP contribution in [0.2, 0.25) is 0 Å². The quantitative estimate of drug-likeness (QED) is 0.0511. The smallest absolute Gasteiger partial charge is 0.230 e. The summed E-state index contributed by atoms with van der Waals surface area (Å²) in [5.41, 5.74) is 18.2. The number of hydrogen-bond acceptors (Lipinski definition) is 12. The molecule has 0 aliphatic carbocycles. The molecular weight excluding hydrogens is 745 g/mol. The second-order valence-electron chi connectivity index (χ2n) is 13.0. The summed E-state index contributed by atoms with van der Waals surface area (Å²) in [5.74, 6) is -0.232. The van der Waals surface area contributed by atoms with Crippen molar-refractivity contribution in [2.45, 2.75) is 37.9 Å². The summed E-state index contributed by atoms with van der Waals surface area (Å²) < 4.78 is 0. The molecule has 292 valence electrons. The minimum atomic E-state index is -0.508. The van der Waals surface area contributed by atoms with Crippen molar-refractivity contribution in [3.8, 4) is 0 Å². The molecule has 14 heteroatoms. The van der Waals surface area contributed by atoms with E-state index in [0.717, 1.165) is 59.6 Å². The van der Waals surface area contributed by atoms with Gasteiger partial charge in [0.05, 0.1) is 36.4 Å². The number of hydrogen-bond donors (Lipinski definition) is 8. The molecule has 0 unspecified atom stereocenters. The van der Waals surface area contributed by atoms with Crippen molar-refractivity contribution >= 4 is 56.1 Å². The highest BCUT2D eigenvalue weighted by Crippen LogP contribution is 2.16. The summed E-state index contributed by atoms with van der Waals surface area (Å²) in [5, 5.41) is 37.1. The fourth-order valence-corrected chi connectivity index (χ4v) is 6.71. The molecule has 0 saturated heterocycles. The SMILES string of the molecule is Nc1nc(CC(=O)Nc2ccc(CCNC[C@H](O)c3ccccc3)cc2)cs1.Nc1nc(CC(=O)Nc2ccc(CCNC[C@H](O)c3ccccc3)cc2)cs1. The second-order valence-corrected chi connectivity index (χ2v) is 14.7. The van der Waals surface area contributed by atoms with Crippen LogP contribution in [0.15, 0.2) is 120 Å². The molecule has 6 aromatic rings. The number of aliphatic hydroxyl groups is 2. The van der Waals surface area contributed by atoms with Crippen LogP contribution in [-0.2, 0) is 35.3 Å². The minimum absolute atomic E-state index is 0.116. The van der Waals surface area contributed by atoms with Gasteiger partial charge in [-0.1, -0.05) is 84.9 Å². The Labute approximate surface area is 335 Å². The standard InChI is InChI=1S/2C21H24N4O2S/c2*22-21-25-18(14-28-21)12-20(27)24-17-8-6-15(7-9-17)10-11-23-13-19(26)16-4-2-1-3-5-16/h2*1-9,14,19,23,26H,10-13H2,(H2,22,25)(H,24,27)/t2*19-/m00/s1. The van der Waals surface area contributed by atoms with Crippen LogP contribution in [0.25, 0.3) is 0 Å². The van der Waals surface area contributed by atoms with Crippen LogP contribution in [0.4, 0.5) is 21.6 Å². The van der Waals surface area contributed by atoms with E-state index < -0.39 is 12.2 Å². The van der Waals surface area contributed by atoms with Gasteiger partial charge in [-0.05, 0) is 72.5 Å². The molecule has 4 aromatic carbocycles. The first-order valence-corrected chi connectivity index (χ1v) is 20.0. The molecule has 2 atom stereocenters. The topological polar surface area (TPSA) is 201 Å². The van der Waals surface area contributed by atoms with Crippen molar-refractivity contribution in [3.63, 3.8) is 0 Å². The summed E-state index contributed by atoms with van der Waals surface area (Å²) >= 11 is 2.66. The fraction of sp³-hybridized carbons (Fsp3) is 0.238. The fourth-order valence-electron chi connectivity index (χ4n) is 5.59. The lowest BCUT2D eigenvalue weighted by Gasteiger charge is -2.12. The third-order valence-electron chi connectivity index (χ3n) is 8.52. The number of rotatable bonds is 18. The molecule has 0 fully saturated rings. The third-order valence-corrected chi connectivity index (χ3v) is 9.97. The van der Waals surface area contributed by atoms with Gasteiger partial charge >= 0.3 is 0 Å². The zero-order chi connectivity index (χ0) is 39.5. The van der Waals surface area contributed by atoms with Gasteiger partial charge in [0, 0.05) is 35.2 Å². The van der Waals surface area contributed by atoms with E-state index in [2.05, 4.69) is 31.2 Å². The number of aromatic nitrogens is 2. The lowest BCUT2D eigenvalue weighted by molar-refractivity contribution is -0.116. The van der Waals surface area contributed by atoms with Gasteiger partial charge in [0.2, 0.25) is 11.8 Å². The molecule has 2 heterocycles. The first kappa shape index (κ1) is 41.7. The van der Waals surface area contributed by atoms with E-state index in [-0.39, 0.29) is 24.7 Å². The van der Waals surface area contributed by atoms with Crippen LogP contribution in [0.1, 0.15) is 45.8 Å². The van der Waals surface area contributed by atoms with Crippen LogP contribution < -0.4 is 32.7 Å². The lowest BCUT2D eigenvalue weighted by atomic mass is 10.1. The third kappa shape index (κ3) is 14.6. The zero-order valence-electron chi connectivity index (χ0n) is 30.9. The van der Waals surface area contributed by atoms with Gasteiger partial charge in [0.15, 0.2) is 10.3 Å². The second kappa shape index (κ2) is 22.2. The number of carbonyl (C=O) groups is 2. The number of benzene rings is 4. The molecule has 0 radical (unpaired) electrons. The van der Waals surface area contributed by atoms with Gasteiger partial charge in [-0.3, -0.25) is 9.59 Å². The molecular formula is C42H48N8O4S2. The molecule has 10 N–H and O–H groups in total. The van der Waals surface area contributed by atoms with Crippen molar-refractivity contribution in [1.82, 2.24) is 20.6 Å². The molecule has 2 aromatic heterocycles. The monoisotopic (exact) mass is 792 g/mol.